The lowest BCUT2D eigenvalue weighted by molar-refractivity contribution is -0.136. The van der Waals surface area contributed by atoms with E-state index in [-0.39, 0.29) is 11.9 Å². The van der Waals surface area contributed by atoms with E-state index in [1.54, 1.807) is 11.8 Å². The molecule has 3 unspecified atom stereocenters. The Labute approximate surface area is 130 Å². The molecule has 3 aliphatic rings. The van der Waals surface area contributed by atoms with Crippen molar-refractivity contribution in [2.24, 2.45) is 10.9 Å². The molecule has 1 aliphatic carbocycles. The summed E-state index contributed by atoms with van der Waals surface area (Å²) in [5.74, 6) is 2.06. The number of amides is 1. The van der Waals surface area contributed by atoms with Crippen LogP contribution in [0.2, 0.25) is 0 Å². The number of nitrogens with zero attached hydrogens (tertiary/aromatic N) is 2. The van der Waals surface area contributed by atoms with Crippen LogP contribution in [-0.2, 0) is 9.53 Å². The molecule has 1 saturated heterocycles. The van der Waals surface area contributed by atoms with E-state index >= 15 is 0 Å². The third-order valence-corrected chi connectivity index (χ3v) is 5.71. The summed E-state index contributed by atoms with van der Waals surface area (Å²) in [7, 11) is 0. The molecule has 0 aromatic rings. The van der Waals surface area contributed by atoms with Gasteiger partial charge < -0.3 is 15.0 Å². The molecule has 2 heterocycles. The van der Waals surface area contributed by atoms with Crippen molar-refractivity contribution < 1.29 is 9.53 Å². The van der Waals surface area contributed by atoms with E-state index in [0.717, 1.165) is 16.8 Å². The average molecular weight is 311 g/mol. The third kappa shape index (κ3) is 3.72. The maximum Gasteiger partial charge on any atom is 0.244 e. The van der Waals surface area contributed by atoms with E-state index in [1.807, 2.05) is 11.8 Å². The van der Waals surface area contributed by atoms with Crippen molar-refractivity contribution in [2.45, 2.75) is 44.7 Å². The molecule has 0 aromatic carbocycles. The van der Waals surface area contributed by atoms with Gasteiger partial charge in [-0.05, 0) is 25.7 Å². The van der Waals surface area contributed by atoms with E-state index in [9.17, 15) is 4.79 Å². The zero-order valence-corrected chi connectivity index (χ0v) is 13.5. The molecule has 6 heteroatoms. The summed E-state index contributed by atoms with van der Waals surface area (Å²) >= 11 is 1.78. The Morgan fingerprint density at radius 3 is 2.95 bits per heavy atom. The number of hydrogen-bond donors (Lipinski definition) is 1. The Hall–Kier alpha value is -0.750. The van der Waals surface area contributed by atoms with Crippen LogP contribution in [0.4, 0.5) is 0 Å². The van der Waals surface area contributed by atoms with Gasteiger partial charge in [-0.3, -0.25) is 9.79 Å². The van der Waals surface area contributed by atoms with E-state index in [4.69, 9.17) is 9.73 Å². The van der Waals surface area contributed by atoms with Crippen LogP contribution in [0.1, 0.15) is 32.6 Å². The lowest BCUT2D eigenvalue weighted by atomic mass is 9.86. The molecule has 0 spiro atoms. The van der Waals surface area contributed by atoms with Crippen molar-refractivity contribution in [2.75, 3.05) is 32.1 Å². The molecule has 2 fully saturated rings. The highest BCUT2D eigenvalue weighted by Crippen LogP contribution is 2.33. The fourth-order valence-electron chi connectivity index (χ4n) is 3.31. The van der Waals surface area contributed by atoms with Crippen LogP contribution in [0.3, 0.4) is 0 Å². The second-order valence-corrected chi connectivity index (χ2v) is 7.17. The van der Waals surface area contributed by atoms with E-state index < -0.39 is 0 Å². The smallest absolute Gasteiger partial charge is 0.244 e. The number of aliphatic imine (C=N–C) groups is 1. The summed E-state index contributed by atoms with van der Waals surface area (Å²) < 4.78 is 5.30. The van der Waals surface area contributed by atoms with Crippen molar-refractivity contribution in [1.29, 1.82) is 0 Å². The van der Waals surface area contributed by atoms with E-state index in [0.29, 0.717) is 32.3 Å². The van der Waals surface area contributed by atoms with Gasteiger partial charge in [0.15, 0.2) is 5.17 Å². The van der Waals surface area contributed by atoms with Crippen LogP contribution in [-0.4, -0.2) is 60.1 Å². The molecule has 21 heavy (non-hydrogen) atoms. The SMILES string of the molecule is CC(NC1=NC2CCCCC2CS1)C(=O)N1CCOCC1. The van der Waals surface area contributed by atoms with Gasteiger partial charge in [-0.1, -0.05) is 24.6 Å². The molecule has 3 rings (SSSR count). The van der Waals surface area contributed by atoms with Gasteiger partial charge in [0.2, 0.25) is 5.91 Å². The molecule has 1 amide bonds. The Morgan fingerprint density at radius 1 is 1.38 bits per heavy atom. The predicted molar refractivity (Wildman–Crippen MR) is 85.6 cm³/mol. The van der Waals surface area contributed by atoms with Crippen molar-refractivity contribution in [3.8, 4) is 0 Å². The second-order valence-electron chi connectivity index (χ2n) is 6.16. The average Bonchev–Trinajstić information content (AvgIpc) is 2.55. The number of morpholine rings is 1. The van der Waals surface area contributed by atoms with Gasteiger partial charge in [0.1, 0.15) is 6.04 Å². The van der Waals surface area contributed by atoms with Crippen LogP contribution in [0.25, 0.3) is 0 Å². The highest BCUT2D eigenvalue weighted by atomic mass is 32.2. The fraction of sp³-hybridized carbons (Fsp3) is 0.867. The fourth-order valence-corrected chi connectivity index (χ4v) is 4.54. The first-order chi connectivity index (χ1) is 10.2. The zero-order valence-electron chi connectivity index (χ0n) is 12.7. The molecule has 0 radical (unpaired) electrons. The molecule has 1 N–H and O–H groups in total. The number of rotatable bonds is 2. The topological polar surface area (TPSA) is 53.9 Å². The van der Waals surface area contributed by atoms with Gasteiger partial charge in [0, 0.05) is 18.8 Å². The number of fused-ring (bicyclic) bond motifs is 1. The van der Waals surface area contributed by atoms with Gasteiger partial charge in [-0.2, -0.15) is 0 Å². The zero-order chi connectivity index (χ0) is 14.7. The van der Waals surface area contributed by atoms with Crippen LogP contribution in [0, 0.1) is 5.92 Å². The number of carbonyl (C=O) groups excluding carboxylic acids is 1. The summed E-state index contributed by atoms with van der Waals surface area (Å²) in [4.78, 5) is 19.1. The standard InChI is InChI=1S/C15H25N3O2S/c1-11(14(19)18-6-8-20-9-7-18)16-15-17-13-5-3-2-4-12(13)10-21-15/h11-13H,2-10H2,1H3,(H,16,17). The molecule has 118 valence electrons. The van der Waals surface area contributed by atoms with Gasteiger partial charge in [-0.25, -0.2) is 0 Å². The number of nitrogens with one attached hydrogen (secondary N) is 1. The second kappa shape index (κ2) is 7.01. The first-order valence-corrected chi connectivity index (χ1v) is 9.06. The third-order valence-electron chi connectivity index (χ3n) is 4.62. The highest BCUT2D eigenvalue weighted by molar-refractivity contribution is 8.13. The minimum atomic E-state index is -0.200. The minimum Gasteiger partial charge on any atom is -0.378 e. The summed E-state index contributed by atoms with van der Waals surface area (Å²) in [6.07, 6.45) is 5.18. The van der Waals surface area contributed by atoms with Crippen molar-refractivity contribution in [1.82, 2.24) is 10.2 Å². The lowest BCUT2D eigenvalue weighted by Crippen LogP contribution is -2.50. The Bertz CT molecular complexity index is 410. The first kappa shape index (κ1) is 15.2. The van der Waals surface area contributed by atoms with Crippen LogP contribution in [0.15, 0.2) is 4.99 Å². The van der Waals surface area contributed by atoms with Crippen molar-refractivity contribution >= 4 is 22.8 Å². The molecule has 5 nitrogen and oxygen atoms in total. The quantitative estimate of drug-likeness (QED) is 0.839. The highest BCUT2D eigenvalue weighted by Gasteiger charge is 2.30. The predicted octanol–water partition coefficient (Wildman–Crippen LogP) is 1.48. The number of hydrogen-bond acceptors (Lipinski definition) is 5. The van der Waals surface area contributed by atoms with Crippen molar-refractivity contribution in [3.05, 3.63) is 0 Å². The lowest BCUT2D eigenvalue weighted by Gasteiger charge is -2.34. The summed E-state index contributed by atoms with van der Waals surface area (Å²) in [6.45, 7) is 4.65. The van der Waals surface area contributed by atoms with Gasteiger partial charge in [-0.15, -0.1) is 0 Å². The molecule has 1 saturated carbocycles. The normalized spacial score (nSPS) is 31.1. The number of amidine groups is 1. The molecular formula is C15H25N3O2S. The van der Waals surface area contributed by atoms with Gasteiger partial charge >= 0.3 is 0 Å². The maximum atomic E-state index is 12.4. The van der Waals surface area contributed by atoms with Crippen LogP contribution < -0.4 is 5.32 Å². The first-order valence-electron chi connectivity index (χ1n) is 8.07. The summed E-state index contributed by atoms with van der Waals surface area (Å²) in [5.41, 5.74) is 0. The summed E-state index contributed by atoms with van der Waals surface area (Å²) in [5, 5.41) is 4.29. The van der Waals surface area contributed by atoms with Crippen molar-refractivity contribution in [3.63, 3.8) is 0 Å². The number of carbonyl (C=O) groups is 1. The molecule has 2 aliphatic heterocycles. The minimum absolute atomic E-state index is 0.160. The maximum absolute atomic E-state index is 12.4. The molecular weight excluding hydrogens is 286 g/mol. The van der Waals surface area contributed by atoms with Gasteiger partial charge in [0.25, 0.3) is 0 Å². The number of ether oxygens (including phenoxy) is 1. The molecule has 3 atom stereocenters. The van der Waals surface area contributed by atoms with Gasteiger partial charge in [0.05, 0.1) is 19.3 Å². The molecule has 0 aromatic heterocycles. The Morgan fingerprint density at radius 2 is 2.14 bits per heavy atom. The monoisotopic (exact) mass is 311 g/mol. The van der Waals surface area contributed by atoms with Crippen LogP contribution in [0.5, 0.6) is 0 Å². The Balaban J connectivity index is 1.55. The summed E-state index contributed by atoms with van der Waals surface area (Å²) in [6, 6.07) is 0.280. The Kier molecular flexibility index (Phi) is 5.06. The van der Waals surface area contributed by atoms with E-state index in [2.05, 4.69) is 5.32 Å². The largest absolute Gasteiger partial charge is 0.378 e. The van der Waals surface area contributed by atoms with Crippen LogP contribution >= 0.6 is 11.8 Å². The van der Waals surface area contributed by atoms with E-state index in [1.165, 1.54) is 25.7 Å². The number of thioether (sulfide) groups is 1. The molecule has 0 bridgehead atoms.